The standard InChI is InChI=1S/C7H8Br2N2O3/c8-1-4(12)2-11-3-5(9)6(13)10-7(11)14/h3-4,12H,1-2H2,(H,10,13,14). The molecule has 0 aliphatic carbocycles. The Bertz CT molecular complexity index is 426. The van der Waals surface area contributed by atoms with Crippen LogP contribution >= 0.6 is 31.9 Å². The highest BCUT2D eigenvalue weighted by atomic mass is 79.9. The Morgan fingerprint density at radius 3 is 2.79 bits per heavy atom. The van der Waals surface area contributed by atoms with Crippen molar-refractivity contribution in [1.82, 2.24) is 9.55 Å². The van der Waals surface area contributed by atoms with Crippen LogP contribution in [0.1, 0.15) is 0 Å². The van der Waals surface area contributed by atoms with Crippen molar-refractivity contribution in [1.29, 1.82) is 0 Å². The molecule has 1 aromatic heterocycles. The van der Waals surface area contributed by atoms with Crippen LogP contribution in [-0.2, 0) is 6.54 Å². The maximum Gasteiger partial charge on any atom is 0.328 e. The van der Waals surface area contributed by atoms with Crippen molar-refractivity contribution < 1.29 is 5.11 Å². The van der Waals surface area contributed by atoms with Crippen LogP contribution in [0.5, 0.6) is 0 Å². The van der Waals surface area contributed by atoms with Crippen molar-refractivity contribution >= 4 is 31.9 Å². The zero-order chi connectivity index (χ0) is 10.7. The number of hydrogen-bond acceptors (Lipinski definition) is 3. The van der Waals surface area contributed by atoms with E-state index in [4.69, 9.17) is 0 Å². The van der Waals surface area contributed by atoms with Gasteiger partial charge >= 0.3 is 5.69 Å². The van der Waals surface area contributed by atoms with Gasteiger partial charge in [0.1, 0.15) is 0 Å². The molecule has 0 aliphatic rings. The maximum absolute atomic E-state index is 11.2. The van der Waals surface area contributed by atoms with Gasteiger partial charge in [0.25, 0.3) is 5.56 Å². The Hall–Kier alpha value is -0.400. The lowest BCUT2D eigenvalue weighted by Crippen LogP contribution is -2.33. The number of hydrogen-bond donors (Lipinski definition) is 2. The molecule has 14 heavy (non-hydrogen) atoms. The number of aromatic amines is 1. The van der Waals surface area contributed by atoms with E-state index in [2.05, 4.69) is 36.8 Å². The first-order valence-corrected chi connectivity index (χ1v) is 5.69. The Morgan fingerprint density at radius 1 is 1.57 bits per heavy atom. The molecule has 0 saturated carbocycles. The highest BCUT2D eigenvalue weighted by molar-refractivity contribution is 9.10. The molecule has 0 radical (unpaired) electrons. The molecule has 0 saturated heterocycles. The first kappa shape index (κ1) is 11.7. The quantitative estimate of drug-likeness (QED) is 0.771. The highest BCUT2D eigenvalue weighted by Gasteiger charge is 2.06. The van der Waals surface area contributed by atoms with Crippen LogP contribution in [0.4, 0.5) is 0 Å². The predicted octanol–water partition coefficient (Wildman–Crippen LogP) is 0.0549. The van der Waals surface area contributed by atoms with E-state index in [0.29, 0.717) is 5.33 Å². The fourth-order valence-electron chi connectivity index (χ4n) is 0.894. The average Bonchev–Trinajstić information content (AvgIpc) is 2.14. The molecule has 0 amide bonds. The smallest absolute Gasteiger partial charge is 0.328 e. The predicted molar refractivity (Wildman–Crippen MR) is 58.8 cm³/mol. The van der Waals surface area contributed by atoms with Crippen LogP contribution in [0, 0.1) is 0 Å². The fraction of sp³-hybridized carbons (Fsp3) is 0.429. The number of alkyl halides is 1. The van der Waals surface area contributed by atoms with E-state index in [1.54, 1.807) is 0 Å². The third kappa shape index (κ3) is 2.79. The minimum Gasteiger partial charge on any atom is -0.390 e. The van der Waals surface area contributed by atoms with Crippen molar-refractivity contribution in [3.8, 4) is 0 Å². The number of nitrogens with one attached hydrogen (secondary N) is 1. The van der Waals surface area contributed by atoms with Crippen LogP contribution in [0.15, 0.2) is 20.3 Å². The lowest BCUT2D eigenvalue weighted by atomic mass is 10.4. The SMILES string of the molecule is O=c1[nH]c(=O)n(CC(O)CBr)cc1Br. The zero-order valence-electron chi connectivity index (χ0n) is 7.04. The molecule has 0 spiro atoms. The van der Waals surface area contributed by atoms with Gasteiger partial charge in [0.15, 0.2) is 0 Å². The molecule has 1 heterocycles. The van der Waals surface area contributed by atoms with Crippen LogP contribution in [0.2, 0.25) is 0 Å². The number of H-pyrrole nitrogens is 1. The van der Waals surface area contributed by atoms with E-state index in [1.807, 2.05) is 0 Å². The second-order valence-corrected chi connectivity index (χ2v) is 4.20. The van der Waals surface area contributed by atoms with Gasteiger partial charge in [-0.2, -0.15) is 0 Å². The van der Waals surface area contributed by atoms with Gasteiger partial charge in [-0.25, -0.2) is 4.79 Å². The van der Waals surface area contributed by atoms with Crippen molar-refractivity contribution in [2.45, 2.75) is 12.6 Å². The number of aliphatic hydroxyl groups is 1. The van der Waals surface area contributed by atoms with Crippen LogP contribution in [-0.4, -0.2) is 26.1 Å². The number of halogens is 2. The van der Waals surface area contributed by atoms with Gasteiger partial charge in [0.05, 0.1) is 17.1 Å². The summed E-state index contributed by atoms with van der Waals surface area (Å²) in [5.74, 6) is 0. The molecule has 1 atom stereocenters. The van der Waals surface area contributed by atoms with Gasteiger partial charge in [-0.15, -0.1) is 0 Å². The van der Waals surface area contributed by atoms with Crippen molar-refractivity contribution in [2.24, 2.45) is 0 Å². The first-order valence-electron chi connectivity index (χ1n) is 3.78. The number of aromatic nitrogens is 2. The van der Waals surface area contributed by atoms with Crippen molar-refractivity contribution in [2.75, 3.05) is 5.33 Å². The molecule has 0 bridgehead atoms. The van der Waals surface area contributed by atoms with E-state index < -0.39 is 17.4 Å². The van der Waals surface area contributed by atoms with E-state index in [-0.39, 0.29) is 11.0 Å². The summed E-state index contributed by atoms with van der Waals surface area (Å²) in [7, 11) is 0. The van der Waals surface area contributed by atoms with Gasteiger partial charge < -0.3 is 5.11 Å². The molecule has 0 fully saturated rings. The molecule has 0 aliphatic heterocycles. The van der Waals surface area contributed by atoms with E-state index in [1.165, 1.54) is 10.8 Å². The average molecular weight is 328 g/mol. The summed E-state index contributed by atoms with van der Waals surface area (Å²) in [5, 5.41) is 9.65. The fourth-order valence-corrected chi connectivity index (χ4v) is 1.45. The minimum absolute atomic E-state index is 0.138. The molecule has 1 rings (SSSR count). The lowest BCUT2D eigenvalue weighted by Gasteiger charge is -2.08. The molecule has 2 N–H and O–H groups in total. The highest BCUT2D eigenvalue weighted by Crippen LogP contribution is 1.99. The lowest BCUT2D eigenvalue weighted by molar-refractivity contribution is 0.177. The van der Waals surface area contributed by atoms with Gasteiger partial charge in [0.2, 0.25) is 0 Å². The van der Waals surface area contributed by atoms with Crippen molar-refractivity contribution in [3.63, 3.8) is 0 Å². The molecule has 5 nitrogen and oxygen atoms in total. The minimum atomic E-state index is -0.662. The molecule has 78 valence electrons. The third-order valence-corrected chi connectivity index (χ3v) is 2.87. The Balaban J connectivity index is 3.04. The van der Waals surface area contributed by atoms with Gasteiger partial charge in [-0.3, -0.25) is 14.3 Å². The molecular formula is C7H8Br2N2O3. The Labute approximate surface area is 96.0 Å². The first-order chi connectivity index (χ1) is 6.54. The second-order valence-electron chi connectivity index (χ2n) is 2.70. The summed E-state index contributed by atoms with van der Waals surface area (Å²) >= 11 is 6.08. The van der Waals surface area contributed by atoms with E-state index >= 15 is 0 Å². The van der Waals surface area contributed by atoms with Gasteiger partial charge in [-0.1, -0.05) is 15.9 Å². The Morgan fingerprint density at radius 2 is 2.21 bits per heavy atom. The summed E-state index contributed by atoms with van der Waals surface area (Å²) in [5.41, 5.74) is -1.00. The van der Waals surface area contributed by atoms with Gasteiger partial charge in [0, 0.05) is 11.5 Å². The van der Waals surface area contributed by atoms with Crippen LogP contribution in [0.25, 0.3) is 0 Å². The monoisotopic (exact) mass is 326 g/mol. The number of rotatable bonds is 3. The summed E-state index contributed by atoms with van der Waals surface area (Å²) < 4.78 is 1.50. The maximum atomic E-state index is 11.2. The molecule has 1 aromatic rings. The summed E-state index contributed by atoms with van der Waals surface area (Å²) in [6, 6.07) is 0. The Kier molecular flexibility index (Phi) is 4.09. The van der Waals surface area contributed by atoms with Crippen LogP contribution in [0.3, 0.4) is 0 Å². The molecule has 1 unspecified atom stereocenters. The molecule has 0 aromatic carbocycles. The number of aliphatic hydroxyl groups excluding tert-OH is 1. The normalized spacial score (nSPS) is 12.8. The molecular weight excluding hydrogens is 320 g/mol. The second kappa shape index (κ2) is 4.90. The largest absolute Gasteiger partial charge is 0.390 e. The van der Waals surface area contributed by atoms with Gasteiger partial charge in [-0.05, 0) is 15.9 Å². The van der Waals surface area contributed by atoms with E-state index in [9.17, 15) is 14.7 Å². The van der Waals surface area contributed by atoms with E-state index in [0.717, 1.165) is 0 Å². The van der Waals surface area contributed by atoms with Crippen molar-refractivity contribution in [3.05, 3.63) is 31.5 Å². The topological polar surface area (TPSA) is 75.1 Å². The third-order valence-electron chi connectivity index (χ3n) is 1.55. The summed E-state index contributed by atoms with van der Waals surface area (Å²) in [6.45, 7) is 0.138. The van der Waals surface area contributed by atoms with Crippen LogP contribution < -0.4 is 11.2 Å². The zero-order valence-corrected chi connectivity index (χ0v) is 10.2. The summed E-state index contributed by atoms with van der Waals surface area (Å²) in [6.07, 6.45) is 0.693. The molecule has 7 heteroatoms. The number of nitrogens with zero attached hydrogens (tertiary/aromatic N) is 1. The summed E-state index contributed by atoms with van der Waals surface area (Å²) in [4.78, 5) is 24.3.